The summed E-state index contributed by atoms with van der Waals surface area (Å²) in [6, 6.07) is 6.84. The van der Waals surface area contributed by atoms with E-state index in [1.165, 1.54) is 11.8 Å². The van der Waals surface area contributed by atoms with Gasteiger partial charge in [-0.05, 0) is 38.8 Å². The molecular formula is C20H25N3O5. The fraction of sp³-hybridized carbons (Fsp3) is 0.500. The van der Waals surface area contributed by atoms with Gasteiger partial charge in [0.1, 0.15) is 17.7 Å². The molecule has 2 atom stereocenters. The molecule has 0 spiro atoms. The Morgan fingerprint density at radius 3 is 2.61 bits per heavy atom. The van der Waals surface area contributed by atoms with Gasteiger partial charge in [-0.2, -0.15) is 0 Å². The zero-order valence-corrected chi connectivity index (χ0v) is 16.3. The molecule has 0 saturated carbocycles. The summed E-state index contributed by atoms with van der Waals surface area (Å²) in [5.41, 5.74) is -1.45. The normalized spacial score (nSPS) is 23.1. The topological polar surface area (TPSA) is 107 Å². The number of para-hydroxylation sites is 1. The third kappa shape index (κ3) is 3.02. The van der Waals surface area contributed by atoms with Gasteiger partial charge in [0.25, 0.3) is 5.91 Å². The van der Waals surface area contributed by atoms with E-state index in [2.05, 4.69) is 5.32 Å². The molecule has 1 saturated heterocycles. The van der Waals surface area contributed by atoms with E-state index in [1.807, 2.05) is 6.92 Å². The molecule has 8 nitrogen and oxygen atoms in total. The van der Waals surface area contributed by atoms with E-state index < -0.39 is 23.1 Å². The maximum Gasteiger partial charge on any atom is 0.329 e. The van der Waals surface area contributed by atoms with Crippen LogP contribution in [0.3, 0.4) is 0 Å². The van der Waals surface area contributed by atoms with Gasteiger partial charge >= 0.3 is 5.97 Å². The molecule has 8 heteroatoms. The molecule has 1 aromatic rings. The first-order valence-electron chi connectivity index (χ1n) is 9.42. The summed E-state index contributed by atoms with van der Waals surface area (Å²) in [5.74, 6) is -2.13. The van der Waals surface area contributed by atoms with Crippen LogP contribution in [-0.4, -0.2) is 51.4 Å². The van der Waals surface area contributed by atoms with E-state index in [0.29, 0.717) is 24.1 Å². The van der Waals surface area contributed by atoms with Crippen LogP contribution >= 0.6 is 0 Å². The standard InChI is InChI=1S/C20H25N3O5/c1-4-10-19(2,18(27)28)21-15(24)12-22-17(26)13-7-5-6-8-14(13)23-16(25)9-11-20(22,23)3/h5-8H,4,9-12H2,1-3H3,(H,21,24)(H,27,28). The van der Waals surface area contributed by atoms with E-state index in [1.54, 1.807) is 36.1 Å². The minimum absolute atomic E-state index is 0.103. The van der Waals surface area contributed by atoms with Crippen LogP contribution in [0.1, 0.15) is 56.8 Å². The quantitative estimate of drug-likeness (QED) is 0.773. The van der Waals surface area contributed by atoms with Crippen LogP contribution in [0.25, 0.3) is 0 Å². The molecule has 0 radical (unpaired) electrons. The summed E-state index contributed by atoms with van der Waals surface area (Å²) in [6.45, 7) is 4.74. The number of carbonyl (C=O) groups excluding carboxylic acids is 3. The Kier molecular flexibility index (Phi) is 4.91. The molecule has 0 aromatic heterocycles. The number of rotatable bonds is 6. The molecule has 2 aliphatic heterocycles. The van der Waals surface area contributed by atoms with Crippen molar-refractivity contribution in [3.05, 3.63) is 29.8 Å². The van der Waals surface area contributed by atoms with E-state index in [9.17, 15) is 24.3 Å². The molecule has 0 bridgehead atoms. The molecular weight excluding hydrogens is 362 g/mol. The summed E-state index contributed by atoms with van der Waals surface area (Å²) in [6.07, 6.45) is 1.54. The first-order chi connectivity index (χ1) is 13.1. The van der Waals surface area contributed by atoms with Crippen molar-refractivity contribution in [3.63, 3.8) is 0 Å². The fourth-order valence-corrected chi connectivity index (χ4v) is 4.15. The Bertz CT molecular complexity index is 854. The lowest BCUT2D eigenvalue weighted by Crippen LogP contribution is -2.65. The number of fused-ring (bicyclic) bond motifs is 3. The first kappa shape index (κ1) is 19.9. The number of amides is 3. The van der Waals surface area contributed by atoms with Crippen LogP contribution in [0.4, 0.5) is 5.69 Å². The second kappa shape index (κ2) is 6.92. The Labute approximate surface area is 163 Å². The second-order valence-electron chi connectivity index (χ2n) is 7.79. The maximum absolute atomic E-state index is 13.1. The van der Waals surface area contributed by atoms with Gasteiger partial charge in [-0.25, -0.2) is 4.79 Å². The Hall–Kier alpha value is -2.90. The van der Waals surface area contributed by atoms with Gasteiger partial charge in [0.05, 0.1) is 11.3 Å². The number of aliphatic carboxylic acids is 1. The highest BCUT2D eigenvalue weighted by Crippen LogP contribution is 2.43. The molecule has 2 heterocycles. The molecule has 3 amide bonds. The summed E-state index contributed by atoms with van der Waals surface area (Å²) in [4.78, 5) is 52.9. The predicted molar refractivity (Wildman–Crippen MR) is 102 cm³/mol. The van der Waals surface area contributed by atoms with Gasteiger partial charge in [-0.3, -0.25) is 19.3 Å². The van der Waals surface area contributed by atoms with Crippen LogP contribution in [-0.2, 0) is 14.4 Å². The van der Waals surface area contributed by atoms with Crippen LogP contribution in [0.5, 0.6) is 0 Å². The second-order valence-corrected chi connectivity index (χ2v) is 7.79. The summed E-state index contributed by atoms with van der Waals surface area (Å²) >= 11 is 0. The number of carboxylic acids is 1. The molecule has 28 heavy (non-hydrogen) atoms. The minimum Gasteiger partial charge on any atom is -0.480 e. The van der Waals surface area contributed by atoms with Gasteiger partial charge in [-0.1, -0.05) is 25.5 Å². The van der Waals surface area contributed by atoms with Crippen molar-refractivity contribution in [2.45, 2.75) is 57.7 Å². The van der Waals surface area contributed by atoms with Gasteiger partial charge in [0, 0.05) is 6.42 Å². The highest BCUT2D eigenvalue weighted by molar-refractivity contribution is 6.11. The van der Waals surface area contributed by atoms with Crippen molar-refractivity contribution >= 4 is 29.4 Å². The number of carboxylic acid groups (broad SMARTS) is 1. The number of anilines is 1. The SMILES string of the molecule is CCCC(C)(NC(=O)CN1C(=O)c2ccccc2N2C(=O)CCC12C)C(=O)O. The monoisotopic (exact) mass is 387 g/mol. The van der Waals surface area contributed by atoms with Gasteiger partial charge in [-0.15, -0.1) is 0 Å². The molecule has 0 aliphatic carbocycles. The number of nitrogens with one attached hydrogen (secondary N) is 1. The van der Waals surface area contributed by atoms with E-state index >= 15 is 0 Å². The van der Waals surface area contributed by atoms with E-state index in [0.717, 1.165) is 0 Å². The van der Waals surface area contributed by atoms with E-state index in [-0.39, 0.29) is 31.2 Å². The third-order valence-electron chi connectivity index (χ3n) is 5.68. The number of nitrogens with zero attached hydrogens (tertiary/aromatic N) is 2. The lowest BCUT2D eigenvalue weighted by molar-refractivity contribution is -0.147. The fourth-order valence-electron chi connectivity index (χ4n) is 4.15. The van der Waals surface area contributed by atoms with Crippen molar-refractivity contribution in [3.8, 4) is 0 Å². The number of benzene rings is 1. The van der Waals surface area contributed by atoms with Crippen molar-refractivity contribution < 1.29 is 24.3 Å². The molecule has 1 fully saturated rings. The molecule has 2 aliphatic rings. The number of hydrogen-bond acceptors (Lipinski definition) is 4. The predicted octanol–water partition coefficient (Wildman–Crippen LogP) is 1.74. The average Bonchev–Trinajstić information content (AvgIpc) is 2.94. The van der Waals surface area contributed by atoms with Crippen molar-refractivity contribution in [2.75, 3.05) is 11.4 Å². The van der Waals surface area contributed by atoms with Crippen LogP contribution in [0.2, 0.25) is 0 Å². The van der Waals surface area contributed by atoms with Crippen molar-refractivity contribution in [2.24, 2.45) is 0 Å². The summed E-state index contributed by atoms with van der Waals surface area (Å²) in [7, 11) is 0. The number of carbonyl (C=O) groups is 4. The van der Waals surface area contributed by atoms with E-state index in [4.69, 9.17) is 0 Å². The van der Waals surface area contributed by atoms with Crippen LogP contribution in [0.15, 0.2) is 24.3 Å². The highest BCUT2D eigenvalue weighted by Gasteiger charge is 2.53. The molecule has 3 rings (SSSR count). The zero-order valence-electron chi connectivity index (χ0n) is 16.3. The van der Waals surface area contributed by atoms with Gasteiger partial charge in [0.2, 0.25) is 11.8 Å². The maximum atomic E-state index is 13.1. The van der Waals surface area contributed by atoms with Crippen molar-refractivity contribution in [1.29, 1.82) is 0 Å². The largest absolute Gasteiger partial charge is 0.480 e. The Balaban J connectivity index is 1.91. The zero-order chi connectivity index (χ0) is 20.7. The van der Waals surface area contributed by atoms with Crippen LogP contribution < -0.4 is 10.2 Å². The molecule has 2 unspecified atom stereocenters. The molecule has 1 aromatic carbocycles. The van der Waals surface area contributed by atoms with Gasteiger partial charge < -0.3 is 15.3 Å². The lowest BCUT2D eigenvalue weighted by atomic mass is 9.95. The van der Waals surface area contributed by atoms with Gasteiger partial charge in [0.15, 0.2) is 0 Å². The third-order valence-corrected chi connectivity index (χ3v) is 5.68. The van der Waals surface area contributed by atoms with Crippen molar-refractivity contribution in [1.82, 2.24) is 10.2 Å². The highest BCUT2D eigenvalue weighted by atomic mass is 16.4. The molecule has 150 valence electrons. The molecule has 2 N–H and O–H groups in total. The number of hydrogen-bond donors (Lipinski definition) is 2. The lowest BCUT2D eigenvalue weighted by Gasteiger charge is -2.48. The average molecular weight is 387 g/mol. The Morgan fingerprint density at radius 2 is 1.96 bits per heavy atom. The summed E-state index contributed by atoms with van der Waals surface area (Å²) < 4.78 is 0. The summed E-state index contributed by atoms with van der Waals surface area (Å²) in [5, 5.41) is 12.0. The minimum atomic E-state index is -1.41. The first-order valence-corrected chi connectivity index (χ1v) is 9.42. The Morgan fingerprint density at radius 1 is 1.29 bits per heavy atom. The smallest absolute Gasteiger partial charge is 0.329 e. The van der Waals surface area contributed by atoms with Crippen LogP contribution in [0, 0.1) is 0 Å².